The van der Waals surface area contributed by atoms with Crippen molar-refractivity contribution in [2.24, 2.45) is 0 Å². The first-order chi connectivity index (χ1) is 7.36. The van der Waals surface area contributed by atoms with Crippen molar-refractivity contribution in [3.05, 3.63) is 35.9 Å². The van der Waals surface area contributed by atoms with Crippen LogP contribution in [-0.4, -0.2) is 5.66 Å². The number of hydrogen-bond donors (Lipinski definition) is 0. The van der Waals surface area contributed by atoms with E-state index in [-0.39, 0.29) is 0 Å². The highest BCUT2D eigenvalue weighted by Gasteiger charge is 2.20. The van der Waals surface area contributed by atoms with Crippen LogP contribution < -0.4 is 0 Å². The lowest BCUT2D eigenvalue weighted by Crippen LogP contribution is -2.08. The molecule has 81 valence electrons. The molecule has 2 rings (SSSR count). The zero-order valence-electron chi connectivity index (χ0n) is 9.06. The summed E-state index contributed by atoms with van der Waals surface area (Å²) in [5.41, 5.74) is 1.72. The Balaban J connectivity index is 1.91. The van der Waals surface area contributed by atoms with E-state index in [1.54, 1.807) is 0 Å². The van der Waals surface area contributed by atoms with Crippen LogP contribution in [0.4, 0.5) is 0 Å². The van der Waals surface area contributed by atoms with Crippen molar-refractivity contribution in [2.45, 2.75) is 43.9 Å². The zero-order chi connectivity index (χ0) is 10.5. The van der Waals surface area contributed by atoms with Gasteiger partial charge in [0.25, 0.3) is 0 Å². The van der Waals surface area contributed by atoms with Crippen LogP contribution in [0, 0.1) is 0 Å². The molecule has 1 fully saturated rings. The lowest BCUT2D eigenvalue weighted by molar-refractivity contribution is 0.490. The van der Waals surface area contributed by atoms with Gasteiger partial charge in [-0.2, -0.15) is 0 Å². The minimum atomic E-state index is -1.03. The summed E-state index contributed by atoms with van der Waals surface area (Å²) in [6.07, 6.45) is 7.04. The van der Waals surface area contributed by atoms with Gasteiger partial charge in [-0.1, -0.05) is 49.6 Å². The average Bonchev–Trinajstić information content (AvgIpc) is 2.31. The Morgan fingerprint density at radius 1 is 1.07 bits per heavy atom. The van der Waals surface area contributed by atoms with Gasteiger partial charge in [0.15, 0.2) is 0 Å². The quantitative estimate of drug-likeness (QED) is 0.693. The monoisotopic (exact) mass is 221 g/mol. The molecule has 1 unspecified atom stereocenters. The van der Waals surface area contributed by atoms with Gasteiger partial charge < -0.3 is 0 Å². The molecule has 0 amide bonds. The fourth-order valence-electron chi connectivity index (χ4n) is 2.26. The van der Waals surface area contributed by atoms with Crippen molar-refractivity contribution in [1.29, 1.82) is 0 Å². The molecule has 1 aromatic rings. The summed E-state index contributed by atoms with van der Waals surface area (Å²) < 4.78 is 12.1. The number of hydrogen-bond acceptors (Lipinski definition) is 1. The van der Waals surface area contributed by atoms with Crippen LogP contribution >= 0.6 is 7.80 Å². The maximum Gasteiger partial charge on any atom is 0.0795 e. The minimum absolute atomic E-state index is 0.494. The van der Waals surface area contributed by atoms with E-state index in [1.165, 1.54) is 37.7 Å². The first kappa shape index (κ1) is 10.8. The lowest BCUT2D eigenvalue weighted by atomic mass is 10.0. The second-order valence-corrected chi connectivity index (χ2v) is 6.23. The molecule has 1 aliphatic rings. The highest BCUT2D eigenvalue weighted by Crippen LogP contribution is 2.40. The van der Waals surface area contributed by atoms with Gasteiger partial charge in [0.05, 0.1) is 7.80 Å². The van der Waals surface area contributed by atoms with E-state index in [9.17, 15) is 4.57 Å². The largest absolute Gasteiger partial charge is 0.287 e. The third kappa shape index (κ3) is 3.14. The van der Waals surface area contributed by atoms with Gasteiger partial charge in [-0.3, -0.25) is 4.57 Å². The van der Waals surface area contributed by atoms with Gasteiger partial charge >= 0.3 is 0 Å². The smallest absolute Gasteiger partial charge is 0.0795 e. The van der Waals surface area contributed by atoms with E-state index in [0.717, 1.165) is 6.16 Å². The second kappa shape index (κ2) is 5.42. The van der Waals surface area contributed by atoms with E-state index in [4.69, 9.17) is 0 Å². The van der Waals surface area contributed by atoms with Crippen LogP contribution in [0.3, 0.4) is 0 Å². The molecule has 0 N–H and O–H groups in total. The molecule has 0 aromatic heterocycles. The molecule has 1 saturated carbocycles. The molecule has 0 bridgehead atoms. The maximum absolute atomic E-state index is 12.1. The molecule has 1 aromatic carbocycles. The predicted octanol–water partition coefficient (Wildman–Crippen LogP) is 4.35. The first-order valence-electron chi connectivity index (χ1n) is 5.84. The highest BCUT2D eigenvalue weighted by atomic mass is 31.1. The molecule has 2 heteroatoms. The molecule has 0 spiro atoms. The van der Waals surface area contributed by atoms with Crippen molar-refractivity contribution in [1.82, 2.24) is 0 Å². The van der Waals surface area contributed by atoms with Gasteiger partial charge in [0.2, 0.25) is 0 Å². The third-order valence-electron chi connectivity index (χ3n) is 3.16. The van der Waals surface area contributed by atoms with Crippen LogP contribution in [-0.2, 0) is 10.7 Å². The fraction of sp³-hybridized carbons (Fsp3) is 0.538. The van der Waals surface area contributed by atoms with E-state index < -0.39 is 7.80 Å². The SMILES string of the molecule is O=[P](Cc1ccccc1)C1CCCCC1. The third-order valence-corrected chi connectivity index (χ3v) is 5.17. The molecule has 1 atom stereocenters. The molecule has 15 heavy (non-hydrogen) atoms. The Morgan fingerprint density at radius 2 is 1.73 bits per heavy atom. The highest BCUT2D eigenvalue weighted by molar-refractivity contribution is 7.44. The Kier molecular flexibility index (Phi) is 3.91. The first-order valence-corrected chi connectivity index (χ1v) is 7.35. The number of benzene rings is 1. The summed E-state index contributed by atoms with van der Waals surface area (Å²) in [7, 11) is -1.03. The zero-order valence-corrected chi connectivity index (χ0v) is 9.96. The maximum atomic E-state index is 12.1. The van der Waals surface area contributed by atoms with Crippen molar-refractivity contribution in [3.8, 4) is 0 Å². The summed E-state index contributed by atoms with van der Waals surface area (Å²) >= 11 is 0. The molecule has 1 aliphatic carbocycles. The van der Waals surface area contributed by atoms with Crippen molar-refractivity contribution in [2.75, 3.05) is 0 Å². The summed E-state index contributed by atoms with van der Waals surface area (Å²) in [6.45, 7) is 0. The van der Waals surface area contributed by atoms with Crippen LogP contribution in [0.1, 0.15) is 37.7 Å². The molecule has 1 radical (unpaired) electrons. The Hall–Kier alpha value is -0.680. The van der Waals surface area contributed by atoms with Gasteiger partial charge in [0, 0.05) is 11.8 Å². The van der Waals surface area contributed by atoms with Crippen LogP contribution in [0.25, 0.3) is 0 Å². The molecule has 0 heterocycles. The minimum Gasteiger partial charge on any atom is -0.287 e. The summed E-state index contributed by atoms with van der Waals surface area (Å²) in [4.78, 5) is 0. The molecular weight excluding hydrogens is 203 g/mol. The topological polar surface area (TPSA) is 17.1 Å². The Labute approximate surface area is 92.7 Å². The van der Waals surface area contributed by atoms with Gasteiger partial charge in [-0.25, -0.2) is 0 Å². The van der Waals surface area contributed by atoms with E-state index in [0.29, 0.717) is 5.66 Å². The molecule has 0 aliphatic heterocycles. The fourth-order valence-corrected chi connectivity index (χ4v) is 4.03. The molecule has 1 nitrogen and oxygen atoms in total. The van der Waals surface area contributed by atoms with E-state index in [2.05, 4.69) is 12.1 Å². The predicted molar refractivity (Wildman–Crippen MR) is 64.6 cm³/mol. The van der Waals surface area contributed by atoms with Crippen LogP contribution in [0.5, 0.6) is 0 Å². The van der Waals surface area contributed by atoms with Crippen molar-refractivity contribution in [3.63, 3.8) is 0 Å². The van der Waals surface area contributed by atoms with Crippen LogP contribution in [0.2, 0.25) is 0 Å². The lowest BCUT2D eigenvalue weighted by Gasteiger charge is -2.20. The Bertz CT molecular complexity index is 315. The number of rotatable bonds is 3. The average molecular weight is 221 g/mol. The summed E-state index contributed by atoms with van der Waals surface area (Å²) in [5.74, 6) is 0. The standard InChI is InChI=1S/C13H18OP/c14-15(13-9-5-2-6-10-13)11-12-7-3-1-4-8-12/h1,3-4,7-8,13H,2,5-6,9-11H2. The second-order valence-electron chi connectivity index (χ2n) is 4.35. The van der Waals surface area contributed by atoms with Crippen molar-refractivity contribution >= 4 is 7.80 Å². The van der Waals surface area contributed by atoms with Crippen LogP contribution in [0.15, 0.2) is 30.3 Å². The normalized spacial score (nSPS) is 18.8. The summed E-state index contributed by atoms with van der Waals surface area (Å²) in [6, 6.07) is 10.2. The molecular formula is C13H18OP. The summed E-state index contributed by atoms with van der Waals surface area (Å²) in [5, 5.41) is 0. The van der Waals surface area contributed by atoms with Gasteiger partial charge in [0.1, 0.15) is 0 Å². The van der Waals surface area contributed by atoms with Gasteiger partial charge in [-0.15, -0.1) is 0 Å². The van der Waals surface area contributed by atoms with E-state index >= 15 is 0 Å². The van der Waals surface area contributed by atoms with E-state index in [1.807, 2.05) is 18.2 Å². The van der Waals surface area contributed by atoms with Gasteiger partial charge in [-0.05, 0) is 18.4 Å². The van der Waals surface area contributed by atoms with Crippen molar-refractivity contribution < 1.29 is 4.57 Å². The molecule has 0 saturated heterocycles. The Morgan fingerprint density at radius 3 is 2.40 bits per heavy atom.